The second-order valence-corrected chi connectivity index (χ2v) is 2.99. The molecule has 0 saturated carbocycles. The molecule has 0 amide bonds. The molecule has 1 rings (SSSR count). The molecule has 0 aliphatic carbocycles. The molecular weight excluding hydrogens is 201 g/mol. The van der Waals surface area contributed by atoms with Crippen LogP contribution in [0.15, 0.2) is 18.2 Å². The van der Waals surface area contributed by atoms with Gasteiger partial charge in [-0.3, -0.25) is 9.59 Å². The fraction of sp³-hybridized carbons (Fsp3) is 0.200. The van der Waals surface area contributed by atoms with Crippen molar-refractivity contribution in [2.45, 2.75) is 12.5 Å². The van der Waals surface area contributed by atoms with Crippen molar-refractivity contribution in [3.05, 3.63) is 35.6 Å². The number of halogens is 1. The number of nitrogens with two attached hydrogens (primary N) is 1. The van der Waals surface area contributed by atoms with Gasteiger partial charge in [0.15, 0.2) is 5.78 Å². The molecular formula is C10H9FNO3. The van der Waals surface area contributed by atoms with Gasteiger partial charge >= 0.3 is 5.97 Å². The van der Waals surface area contributed by atoms with Crippen LogP contribution in [0, 0.1) is 11.9 Å². The fourth-order valence-electron chi connectivity index (χ4n) is 1.06. The second kappa shape index (κ2) is 4.65. The Bertz CT molecular complexity index is 392. The van der Waals surface area contributed by atoms with E-state index in [9.17, 15) is 14.0 Å². The van der Waals surface area contributed by atoms with Crippen LogP contribution in [0.25, 0.3) is 0 Å². The van der Waals surface area contributed by atoms with Gasteiger partial charge in [0, 0.05) is 5.56 Å². The van der Waals surface area contributed by atoms with Crippen LogP contribution >= 0.6 is 0 Å². The van der Waals surface area contributed by atoms with E-state index in [4.69, 9.17) is 10.8 Å². The Kier molecular flexibility index (Phi) is 3.51. The number of hydrogen-bond donors (Lipinski definition) is 2. The van der Waals surface area contributed by atoms with E-state index in [0.717, 1.165) is 12.1 Å². The first-order chi connectivity index (χ1) is 7.00. The minimum atomic E-state index is -1.17. The second-order valence-electron chi connectivity index (χ2n) is 2.99. The number of carboxylic acids is 1. The van der Waals surface area contributed by atoms with Crippen molar-refractivity contribution in [3.8, 4) is 0 Å². The summed E-state index contributed by atoms with van der Waals surface area (Å²) in [6, 6.07) is 4.70. The number of carboxylic acid groups (broad SMARTS) is 1. The lowest BCUT2D eigenvalue weighted by atomic mass is 10.0. The largest absolute Gasteiger partial charge is 0.481 e. The molecule has 0 spiro atoms. The topological polar surface area (TPSA) is 80.4 Å². The van der Waals surface area contributed by atoms with E-state index >= 15 is 0 Å². The summed E-state index contributed by atoms with van der Waals surface area (Å²) in [5.74, 6) is -2.39. The number of Topliss-reactive ketones (excluding diaryl/α,β-unsaturated/α-hetero) is 1. The molecule has 0 aliphatic heterocycles. The summed E-state index contributed by atoms with van der Waals surface area (Å²) >= 11 is 0. The maximum atomic E-state index is 12.7. The van der Waals surface area contributed by atoms with E-state index in [-0.39, 0.29) is 5.56 Å². The molecule has 4 nitrogen and oxygen atoms in total. The Balaban J connectivity index is 2.80. The van der Waals surface area contributed by atoms with Gasteiger partial charge in [-0.05, 0) is 18.2 Å². The van der Waals surface area contributed by atoms with Crippen molar-refractivity contribution in [2.75, 3.05) is 0 Å². The highest BCUT2D eigenvalue weighted by Gasteiger charge is 2.19. The molecule has 0 bridgehead atoms. The van der Waals surface area contributed by atoms with Crippen molar-refractivity contribution >= 4 is 11.8 Å². The first-order valence-corrected chi connectivity index (χ1v) is 4.19. The van der Waals surface area contributed by atoms with Crippen LogP contribution < -0.4 is 5.73 Å². The van der Waals surface area contributed by atoms with Crippen molar-refractivity contribution in [2.24, 2.45) is 5.73 Å². The molecule has 0 aromatic heterocycles. The molecule has 15 heavy (non-hydrogen) atoms. The van der Waals surface area contributed by atoms with Crippen molar-refractivity contribution in [1.29, 1.82) is 0 Å². The predicted octanol–water partition coefficient (Wildman–Crippen LogP) is 0.611. The highest BCUT2D eigenvalue weighted by atomic mass is 19.1. The number of aliphatic carboxylic acids is 1. The van der Waals surface area contributed by atoms with Crippen LogP contribution in [0.5, 0.6) is 0 Å². The third-order valence-electron chi connectivity index (χ3n) is 1.76. The summed E-state index contributed by atoms with van der Waals surface area (Å²) in [4.78, 5) is 21.7. The first-order valence-electron chi connectivity index (χ1n) is 4.19. The van der Waals surface area contributed by atoms with Gasteiger partial charge in [0.2, 0.25) is 0 Å². The highest BCUT2D eigenvalue weighted by molar-refractivity contribution is 6.01. The third-order valence-corrected chi connectivity index (χ3v) is 1.76. The zero-order valence-corrected chi connectivity index (χ0v) is 7.74. The number of rotatable bonds is 4. The van der Waals surface area contributed by atoms with Crippen LogP contribution in [0.2, 0.25) is 0 Å². The first kappa shape index (κ1) is 11.3. The van der Waals surface area contributed by atoms with Crippen LogP contribution in [0.1, 0.15) is 16.8 Å². The van der Waals surface area contributed by atoms with Gasteiger partial charge in [0.05, 0.1) is 12.5 Å². The number of benzene rings is 1. The molecule has 0 fully saturated rings. The van der Waals surface area contributed by atoms with E-state index in [0.29, 0.717) is 0 Å². The van der Waals surface area contributed by atoms with Gasteiger partial charge in [-0.15, -0.1) is 0 Å². The SMILES string of the molecule is N[C@@H](CC(=O)O)C(=O)c1[c]ccc(F)c1. The maximum Gasteiger partial charge on any atom is 0.305 e. The molecule has 0 aliphatic rings. The molecule has 0 heterocycles. The summed E-state index contributed by atoms with van der Waals surface area (Å²) < 4.78 is 12.7. The summed E-state index contributed by atoms with van der Waals surface area (Å²) in [5.41, 5.74) is 5.29. The number of carbonyl (C=O) groups is 2. The van der Waals surface area contributed by atoms with Gasteiger partial charge in [0.1, 0.15) is 5.82 Å². The summed E-state index contributed by atoms with van der Waals surface area (Å²) in [7, 11) is 0. The maximum absolute atomic E-state index is 12.7. The standard InChI is InChI=1S/C10H9FNO3/c11-7-3-1-2-6(4-7)10(15)8(12)5-9(13)14/h1,3-4,8H,5,12H2,(H,13,14)/t8-/m0/s1. The molecule has 0 saturated heterocycles. The molecule has 1 aromatic rings. The van der Waals surface area contributed by atoms with Crippen LogP contribution in [-0.4, -0.2) is 22.9 Å². The lowest BCUT2D eigenvalue weighted by Crippen LogP contribution is -2.33. The quantitative estimate of drug-likeness (QED) is 0.713. The lowest BCUT2D eigenvalue weighted by Gasteiger charge is -2.07. The fourth-order valence-corrected chi connectivity index (χ4v) is 1.06. The summed E-state index contributed by atoms with van der Waals surface area (Å²) in [6.45, 7) is 0. The lowest BCUT2D eigenvalue weighted by molar-refractivity contribution is -0.137. The van der Waals surface area contributed by atoms with Gasteiger partial charge in [-0.2, -0.15) is 0 Å². The Morgan fingerprint density at radius 1 is 1.60 bits per heavy atom. The number of ketones is 1. The van der Waals surface area contributed by atoms with Crippen molar-refractivity contribution in [1.82, 2.24) is 0 Å². The molecule has 1 radical (unpaired) electrons. The van der Waals surface area contributed by atoms with Crippen LogP contribution in [-0.2, 0) is 4.79 Å². The van der Waals surface area contributed by atoms with E-state index in [1.165, 1.54) is 6.07 Å². The van der Waals surface area contributed by atoms with Crippen LogP contribution in [0.4, 0.5) is 4.39 Å². The predicted molar refractivity (Wildman–Crippen MR) is 49.8 cm³/mol. The molecule has 0 unspecified atom stereocenters. The monoisotopic (exact) mass is 210 g/mol. The number of carbonyl (C=O) groups excluding carboxylic acids is 1. The Labute approximate surface area is 85.5 Å². The van der Waals surface area contributed by atoms with Crippen molar-refractivity contribution < 1.29 is 19.1 Å². The summed E-state index contributed by atoms with van der Waals surface area (Å²) in [6.07, 6.45) is -0.483. The smallest absolute Gasteiger partial charge is 0.305 e. The van der Waals surface area contributed by atoms with E-state index in [1.807, 2.05) is 0 Å². The molecule has 1 atom stereocenters. The van der Waals surface area contributed by atoms with Crippen molar-refractivity contribution in [3.63, 3.8) is 0 Å². The van der Waals surface area contributed by atoms with E-state index < -0.39 is 30.0 Å². The molecule has 79 valence electrons. The van der Waals surface area contributed by atoms with Gasteiger partial charge in [-0.1, -0.05) is 6.07 Å². The normalized spacial score (nSPS) is 12.1. The Hall–Kier alpha value is -1.75. The summed E-state index contributed by atoms with van der Waals surface area (Å²) in [5, 5.41) is 8.42. The Morgan fingerprint density at radius 3 is 2.80 bits per heavy atom. The Morgan fingerprint density at radius 2 is 2.27 bits per heavy atom. The highest BCUT2D eigenvalue weighted by Crippen LogP contribution is 2.06. The zero-order chi connectivity index (χ0) is 11.4. The average Bonchev–Trinajstić information content (AvgIpc) is 2.15. The van der Waals surface area contributed by atoms with Crippen LogP contribution in [0.3, 0.4) is 0 Å². The third kappa shape index (κ3) is 3.14. The van der Waals surface area contributed by atoms with E-state index in [1.54, 1.807) is 0 Å². The minimum absolute atomic E-state index is 0.0382. The minimum Gasteiger partial charge on any atom is -0.481 e. The van der Waals surface area contributed by atoms with Gasteiger partial charge in [-0.25, -0.2) is 4.39 Å². The molecule has 3 N–H and O–H groups in total. The average molecular weight is 210 g/mol. The van der Waals surface area contributed by atoms with Gasteiger partial charge < -0.3 is 10.8 Å². The number of hydrogen-bond acceptors (Lipinski definition) is 3. The van der Waals surface area contributed by atoms with E-state index in [2.05, 4.69) is 6.07 Å². The van der Waals surface area contributed by atoms with Gasteiger partial charge in [0.25, 0.3) is 0 Å². The molecule has 1 aromatic carbocycles. The molecule has 5 heteroatoms. The zero-order valence-electron chi connectivity index (χ0n) is 7.74.